The smallest absolute Gasteiger partial charge is 0.317 e. The first-order chi connectivity index (χ1) is 3.38. The van der Waals surface area contributed by atoms with E-state index in [2.05, 4.69) is 5.32 Å². The molecule has 0 saturated carbocycles. The van der Waals surface area contributed by atoms with Crippen molar-refractivity contribution in [3.05, 3.63) is 0 Å². The molecule has 0 aromatic heterocycles. The predicted molar refractivity (Wildman–Crippen MR) is 23.9 cm³/mol. The van der Waals surface area contributed by atoms with Crippen molar-refractivity contribution < 1.29 is 4.79 Å². The molecule has 2 rings (SSSR count). The monoisotopic (exact) mass is 98.0 g/mol. The van der Waals surface area contributed by atoms with E-state index in [0.717, 1.165) is 13.1 Å². The minimum absolute atomic E-state index is 0.116. The molecule has 38 valence electrons. The summed E-state index contributed by atoms with van der Waals surface area (Å²) in [5.74, 6) is 0. The molecule has 0 spiro atoms. The maximum Gasteiger partial charge on any atom is 0.317 e. The van der Waals surface area contributed by atoms with E-state index in [-0.39, 0.29) is 6.03 Å². The molecular weight excluding hydrogens is 92.1 g/mol. The number of fused-ring (bicyclic) bond motifs is 1. The van der Waals surface area contributed by atoms with Gasteiger partial charge in [-0.3, -0.25) is 0 Å². The van der Waals surface area contributed by atoms with E-state index < -0.39 is 0 Å². The van der Waals surface area contributed by atoms with Crippen LogP contribution in [0.4, 0.5) is 4.79 Å². The molecular formula is C4H6N2O. The summed E-state index contributed by atoms with van der Waals surface area (Å²) in [6.07, 6.45) is 0. The Balaban J connectivity index is 2.21. The van der Waals surface area contributed by atoms with E-state index >= 15 is 0 Å². The summed E-state index contributed by atoms with van der Waals surface area (Å²) in [6, 6.07) is 0.678. The fourth-order valence-electron chi connectivity index (χ4n) is 0.910. The molecule has 2 heterocycles. The Labute approximate surface area is 41.3 Å². The lowest BCUT2D eigenvalue weighted by atomic mass is 10.5. The van der Waals surface area contributed by atoms with Gasteiger partial charge in [0.15, 0.2) is 0 Å². The van der Waals surface area contributed by atoms with E-state index in [1.54, 1.807) is 0 Å². The predicted octanol–water partition coefficient (Wildman–Crippen LogP) is -0.606. The number of nitrogens with one attached hydrogen (secondary N) is 1. The van der Waals surface area contributed by atoms with Gasteiger partial charge in [-0.1, -0.05) is 0 Å². The molecule has 2 fully saturated rings. The maximum absolute atomic E-state index is 10.4. The average Bonchev–Trinajstić information content (AvgIpc) is 2.33. The Kier molecular flexibility index (Phi) is 0.356. The summed E-state index contributed by atoms with van der Waals surface area (Å²) in [6.45, 7) is 1.87. The zero-order chi connectivity index (χ0) is 4.85. The lowest BCUT2D eigenvalue weighted by Gasteiger charge is -1.89. The Hall–Kier alpha value is -0.730. The van der Waals surface area contributed by atoms with Gasteiger partial charge in [-0.2, -0.15) is 0 Å². The number of urea groups is 1. The number of carbonyl (C=O) groups is 1. The van der Waals surface area contributed by atoms with Crippen LogP contribution >= 0.6 is 0 Å². The summed E-state index contributed by atoms with van der Waals surface area (Å²) < 4.78 is 0. The van der Waals surface area contributed by atoms with Gasteiger partial charge in [0.1, 0.15) is 0 Å². The van der Waals surface area contributed by atoms with Gasteiger partial charge in [0.25, 0.3) is 0 Å². The second-order valence-corrected chi connectivity index (χ2v) is 1.99. The van der Waals surface area contributed by atoms with Gasteiger partial charge in [-0.05, 0) is 0 Å². The standard InChI is InChI=1S/C4H6N2O/c7-4-5-1-3-2-6(3)4/h3H,1-2H2,(H,5,7)/t3-,6?/m0/s1. The van der Waals surface area contributed by atoms with Crippen LogP contribution in [-0.4, -0.2) is 30.1 Å². The van der Waals surface area contributed by atoms with Crippen LogP contribution in [-0.2, 0) is 0 Å². The van der Waals surface area contributed by atoms with Crippen molar-refractivity contribution in [3.63, 3.8) is 0 Å². The quantitative estimate of drug-likeness (QED) is 0.403. The Bertz CT molecular complexity index is 123. The molecule has 0 aromatic carbocycles. The van der Waals surface area contributed by atoms with Crippen LogP contribution in [0.1, 0.15) is 0 Å². The van der Waals surface area contributed by atoms with E-state index in [4.69, 9.17) is 0 Å². The normalized spacial score (nSPS) is 35.1. The minimum atomic E-state index is 0.116. The molecule has 1 N–H and O–H groups in total. The molecule has 7 heavy (non-hydrogen) atoms. The third-order valence-corrected chi connectivity index (χ3v) is 1.46. The molecule has 2 aliphatic heterocycles. The van der Waals surface area contributed by atoms with Crippen molar-refractivity contribution in [1.29, 1.82) is 0 Å². The summed E-state index contributed by atoms with van der Waals surface area (Å²) in [5.41, 5.74) is 0. The van der Waals surface area contributed by atoms with Crippen molar-refractivity contribution in [2.24, 2.45) is 0 Å². The number of amides is 2. The van der Waals surface area contributed by atoms with Crippen molar-refractivity contribution >= 4 is 6.03 Å². The van der Waals surface area contributed by atoms with Gasteiger partial charge in [0.2, 0.25) is 0 Å². The van der Waals surface area contributed by atoms with Crippen LogP contribution in [0.15, 0.2) is 0 Å². The highest BCUT2D eigenvalue weighted by Crippen LogP contribution is 2.20. The second kappa shape index (κ2) is 0.757. The van der Waals surface area contributed by atoms with Gasteiger partial charge in [0, 0.05) is 13.1 Å². The van der Waals surface area contributed by atoms with Crippen LogP contribution in [0.5, 0.6) is 0 Å². The van der Waals surface area contributed by atoms with Crippen molar-refractivity contribution in [1.82, 2.24) is 10.2 Å². The summed E-state index contributed by atoms with van der Waals surface area (Å²) in [5, 5.41) is 2.71. The lowest BCUT2D eigenvalue weighted by molar-refractivity contribution is 0.236. The topological polar surface area (TPSA) is 32.1 Å². The first-order valence-corrected chi connectivity index (χ1v) is 2.42. The Morgan fingerprint density at radius 2 is 2.71 bits per heavy atom. The fourth-order valence-corrected chi connectivity index (χ4v) is 0.910. The highest BCUT2D eigenvalue weighted by atomic mass is 16.2. The Morgan fingerprint density at radius 3 is 2.86 bits per heavy atom. The molecule has 0 aromatic rings. The molecule has 0 bridgehead atoms. The van der Waals surface area contributed by atoms with Gasteiger partial charge >= 0.3 is 6.03 Å². The van der Waals surface area contributed by atoms with E-state index in [9.17, 15) is 4.79 Å². The molecule has 2 aliphatic rings. The van der Waals surface area contributed by atoms with Crippen molar-refractivity contribution in [2.45, 2.75) is 6.04 Å². The van der Waals surface area contributed by atoms with Gasteiger partial charge in [0.05, 0.1) is 6.04 Å². The summed E-state index contributed by atoms with van der Waals surface area (Å²) >= 11 is 0. The number of carbonyl (C=O) groups excluding carboxylic acids is 1. The zero-order valence-corrected chi connectivity index (χ0v) is 3.85. The van der Waals surface area contributed by atoms with Crippen LogP contribution in [0.25, 0.3) is 0 Å². The first kappa shape index (κ1) is 3.29. The molecule has 0 radical (unpaired) electrons. The third-order valence-electron chi connectivity index (χ3n) is 1.46. The average molecular weight is 98.1 g/mol. The van der Waals surface area contributed by atoms with Crippen LogP contribution in [0, 0.1) is 0 Å². The molecule has 2 saturated heterocycles. The number of nitrogens with zero attached hydrogens (tertiary/aromatic N) is 1. The first-order valence-electron chi connectivity index (χ1n) is 2.42. The van der Waals surface area contributed by atoms with E-state index in [0.29, 0.717) is 6.04 Å². The Morgan fingerprint density at radius 1 is 1.86 bits per heavy atom. The molecule has 3 heteroatoms. The molecule has 0 unspecified atom stereocenters. The van der Waals surface area contributed by atoms with E-state index in [1.807, 2.05) is 4.90 Å². The van der Waals surface area contributed by atoms with Crippen LogP contribution in [0.3, 0.4) is 0 Å². The van der Waals surface area contributed by atoms with Crippen molar-refractivity contribution in [3.8, 4) is 0 Å². The van der Waals surface area contributed by atoms with E-state index in [1.165, 1.54) is 0 Å². The number of hydrogen-bond acceptors (Lipinski definition) is 1. The third kappa shape index (κ3) is 0.277. The highest BCUT2D eigenvalue weighted by molar-refractivity contribution is 5.80. The SMILES string of the molecule is O=C1NC[C@H]2CN12. The van der Waals surface area contributed by atoms with Crippen molar-refractivity contribution in [2.75, 3.05) is 13.1 Å². The number of rotatable bonds is 0. The minimum Gasteiger partial charge on any atom is -0.336 e. The van der Waals surface area contributed by atoms with Gasteiger partial charge < -0.3 is 10.2 Å². The maximum atomic E-state index is 10.4. The largest absolute Gasteiger partial charge is 0.336 e. The van der Waals surface area contributed by atoms with Crippen LogP contribution < -0.4 is 5.32 Å². The molecule has 0 aliphatic carbocycles. The highest BCUT2D eigenvalue weighted by Gasteiger charge is 2.43. The van der Waals surface area contributed by atoms with Gasteiger partial charge in [-0.25, -0.2) is 4.79 Å². The molecule has 2 amide bonds. The zero-order valence-electron chi connectivity index (χ0n) is 3.85. The fraction of sp³-hybridized carbons (Fsp3) is 0.750. The molecule has 3 nitrogen and oxygen atoms in total. The van der Waals surface area contributed by atoms with Gasteiger partial charge in [-0.15, -0.1) is 0 Å². The summed E-state index contributed by atoms with van der Waals surface area (Å²) in [4.78, 5) is 12.2. The lowest BCUT2D eigenvalue weighted by Crippen LogP contribution is -2.21. The summed E-state index contributed by atoms with van der Waals surface area (Å²) in [7, 11) is 0. The second-order valence-electron chi connectivity index (χ2n) is 1.99. The van der Waals surface area contributed by atoms with Crippen LogP contribution in [0.2, 0.25) is 0 Å². The molecule has 1 atom stereocenters. The number of hydrogen-bond donors (Lipinski definition) is 1.